The molecule has 2 aromatic carbocycles. The van der Waals surface area contributed by atoms with Gasteiger partial charge in [-0.05, 0) is 55.7 Å². The zero-order chi connectivity index (χ0) is 19.8. The maximum Gasteiger partial charge on any atom is 0.253 e. The van der Waals surface area contributed by atoms with Crippen molar-refractivity contribution in [3.63, 3.8) is 0 Å². The normalized spacial score (nSPS) is 13.2. The van der Waals surface area contributed by atoms with Gasteiger partial charge in [0.1, 0.15) is 5.75 Å². The molecule has 0 bridgehead atoms. The van der Waals surface area contributed by atoms with Crippen LogP contribution in [-0.2, 0) is 4.79 Å². The molecule has 6 nitrogen and oxygen atoms in total. The Kier molecular flexibility index (Phi) is 6.89. The predicted molar refractivity (Wildman–Crippen MR) is 111 cm³/mol. The Morgan fingerprint density at radius 2 is 1.79 bits per heavy atom. The van der Waals surface area contributed by atoms with Crippen molar-refractivity contribution in [2.24, 2.45) is 0 Å². The third kappa shape index (κ3) is 5.49. The number of nitrogens with one attached hydrogen (secondary N) is 2. The predicted octanol–water partition coefficient (Wildman–Crippen LogP) is 3.76. The van der Waals surface area contributed by atoms with E-state index in [9.17, 15) is 9.59 Å². The molecule has 2 N–H and O–H groups in total. The summed E-state index contributed by atoms with van der Waals surface area (Å²) in [6.07, 6.45) is 3.09. The van der Waals surface area contributed by atoms with Gasteiger partial charge in [0.25, 0.3) is 5.91 Å². The number of amides is 2. The molecule has 0 atom stereocenters. The summed E-state index contributed by atoms with van der Waals surface area (Å²) in [7, 11) is 0. The highest BCUT2D eigenvalue weighted by molar-refractivity contribution is 5.95. The first kappa shape index (κ1) is 19.7. The summed E-state index contributed by atoms with van der Waals surface area (Å²) in [5, 5.41) is 5.93. The largest absolute Gasteiger partial charge is 0.494 e. The van der Waals surface area contributed by atoms with Gasteiger partial charge in [-0.1, -0.05) is 13.0 Å². The van der Waals surface area contributed by atoms with Crippen LogP contribution in [0.15, 0.2) is 48.5 Å². The molecule has 0 radical (unpaired) electrons. The lowest BCUT2D eigenvalue weighted by Crippen LogP contribution is -2.27. The average Bonchev–Trinajstić information content (AvgIpc) is 3.26. The third-order valence-electron chi connectivity index (χ3n) is 4.57. The smallest absolute Gasteiger partial charge is 0.253 e. The molecule has 0 saturated carbocycles. The zero-order valence-electron chi connectivity index (χ0n) is 16.2. The van der Waals surface area contributed by atoms with Crippen LogP contribution in [0.3, 0.4) is 0 Å². The zero-order valence-corrected chi connectivity index (χ0v) is 16.2. The van der Waals surface area contributed by atoms with Crippen molar-refractivity contribution in [3.8, 4) is 5.75 Å². The molecular weight excluding hydrogens is 354 g/mol. The van der Waals surface area contributed by atoms with Crippen LogP contribution in [0.4, 0.5) is 11.4 Å². The molecule has 3 rings (SSSR count). The lowest BCUT2D eigenvalue weighted by Gasteiger charge is -2.15. The van der Waals surface area contributed by atoms with Gasteiger partial charge in [0.05, 0.1) is 13.2 Å². The van der Waals surface area contributed by atoms with E-state index in [0.717, 1.165) is 43.8 Å². The van der Waals surface area contributed by atoms with Crippen LogP contribution < -0.4 is 15.4 Å². The van der Waals surface area contributed by atoms with Crippen molar-refractivity contribution >= 4 is 23.2 Å². The van der Waals surface area contributed by atoms with Gasteiger partial charge in [-0.15, -0.1) is 0 Å². The highest BCUT2D eigenvalue weighted by atomic mass is 16.5. The molecule has 1 heterocycles. The Morgan fingerprint density at radius 3 is 2.50 bits per heavy atom. The van der Waals surface area contributed by atoms with E-state index in [1.54, 1.807) is 12.1 Å². The van der Waals surface area contributed by atoms with Crippen LogP contribution in [0.1, 0.15) is 36.5 Å². The van der Waals surface area contributed by atoms with Gasteiger partial charge in [0, 0.05) is 36.1 Å². The van der Waals surface area contributed by atoms with Crippen molar-refractivity contribution in [2.75, 3.05) is 36.9 Å². The highest BCUT2D eigenvalue weighted by Gasteiger charge is 2.19. The van der Waals surface area contributed by atoms with Crippen LogP contribution in [0.5, 0.6) is 5.75 Å². The van der Waals surface area contributed by atoms with Gasteiger partial charge < -0.3 is 20.3 Å². The van der Waals surface area contributed by atoms with Gasteiger partial charge >= 0.3 is 0 Å². The van der Waals surface area contributed by atoms with E-state index in [-0.39, 0.29) is 18.4 Å². The molecule has 28 heavy (non-hydrogen) atoms. The lowest BCUT2D eigenvalue weighted by molar-refractivity contribution is -0.114. The molecule has 6 heteroatoms. The fourth-order valence-electron chi connectivity index (χ4n) is 3.10. The molecule has 2 aromatic rings. The van der Waals surface area contributed by atoms with Gasteiger partial charge in [0.2, 0.25) is 5.91 Å². The summed E-state index contributed by atoms with van der Waals surface area (Å²) in [5.41, 5.74) is 2.18. The fourth-order valence-corrected chi connectivity index (χ4v) is 3.10. The second-order valence-electron chi connectivity index (χ2n) is 6.85. The average molecular weight is 381 g/mol. The molecule has 0 unspecified atom stereocenters. The maximum atomic E-state index is 12.4. The number of ether oxygens (including phenoxy) is 1. The van der Waals surface area contributed by atoms with Gasteiger partial charge in [0.15, 0.2) is 0 Å². The number of benzene rings is 2. The van der Waals surface area contributed by atoms with Crippen LogP contribution in [-0.4, -0.2) is 43.0 Å². The topological polar surface area (TPSA) is 70.7 Å². The summed E-state index contributed by atoms with van der Waals surface area (Å²) in [4.78, 5) is 26.4. The Bertz CT molecular complexity index is 799. The van der Waals surface area contributed by atoms with Crippen molar-refractivity contribution in [1.82, 2.24) is 4.90 Å². The summed E-state index contributed by atoms with van der Waals surface area (Å²) in [6.45, 7) is 4.51. The number of hydrogen-bond donors (Lipinski definition) is 2. The summed E-state index contributed by atoms with van der Waals surface area (Å²) < 4.78 is 5.58. The van der Waals surface area contributed by atoms with E-state index in [4.69, 9.17) is 4.74 Å². The Labute approximate surface area is 165 Å². The van der Waals surface area contributed by atoms with E-state index in [0.29, 0.717) is 17.9 Å². The molecule has 0 aliphatic carbocycles. The van der Waals surface area contributed by atoms with E-state index in [1.165, 1.54) is 0 Å². The number of nitrogens with zero attached hydrogens (tertiary/aromatic N) is 1. The van der Waals surface area contributed by atoms with Crippen LogP contribution >= 0.6 is 0 Å². The molecule has 1 aliphatic rings. The minimum absolute atomic E-state index is 0.0759. The van der Waals surface area contributed by atoms with E-state index in [2.05, 4.69) is 10.6 Å². The number of rotatable bonds is 8. The third-order valence-corrected chi connectivity index (χ3v) is 4.57. The van der Waals surface area contributed by atoms with E-state index in [1.807, 2.05) is 48.2 Å². The van der Waals surface area contributed by atoms with E-state index < -0.39 is 0 Å². The standard InChI is InChI=1S/C22H27N3O3/c1-2-14-28-20-7-5-6-19(15-20)24-21(26)16-23-18-10-8-17(9-11-18)22(27)25-12-3-4-13-25/h5-11,15,23H,2-4,12-14,16H2,1H3,(H,24,26). The maximum absolute atomic E-state index is 12.4. The van der Waals surface area contributed by atoms with Gasteiger partial charge in [-0.3, -0.25) is 9.59 Å². The number of carbonyl (C=O) groups excluding carboxylic acids is 2. The molecule has 1 aliphatic heterocycles. The van der Waals surface area contributed by atoms with Crippen molar-refractivity contribution in [3.05, 3.63) is 54.1 Å². The SMILES string of the molecule is CCCOc1cccc(NC(=O)CNc2ccc(C(=O)N3CCCC3)cc2)c1. The number of carbonyl (C=O) groups is 2. The van der Waals surface area contributed by atoms with Crippen LogP contribution in [0.25, 0.3) is 0 Å². The van der Waals surface area contributed by atoms with Crippen molar-refractivity contribution in [2.45, 2.75) is 26.2 Å². The molecule has 1 fully saturated rings. The number of likely N-dealkylation sites (tertiary alicyclic amines) is 1. The lowest BCUT2D eigenvalue weighted by atomic mass is 10.2. The van der Waals surface area contributed by atoms with Crippen molar-refractivity contribution < 1.29 is 14.3 Å². The molecule has 148 valence electrons. The Balaban J connectivity index is 1.48. The van der Waals surface area contributed by atoms with Gasteiger partial charge in [-0.2, -0.15) is 0 Å². The summed E-state index contributed by atoms with van der Waals surface area (Å²) >= 11 is 0. The summed E-state index contributed by atoms with van der Waals surface area (Å²) in [6, 6.07) is 14.6. The second kappa shape index (κ2) is 9.78. The Morgan fingerprint density at radius 1 is 1.04 bits per heavy atom. The molecule has 2 amide bonds. The van der Waals surface area contributed by atoms with E-state index >= 15 is 0 Å². The van der Waals surface area contributed by atoms with Crippen LogP contribution in [0.2, 0.25) is 0 Å². The van der Waals surface area contributed by atoms with Gasteiger partial charge in [-0.25, -0.2) is 0 Å². The monoisotopic (exact) mass is 381 g/mol. The van der Waals surface area contributed by atoms with Crippen LogP contribution in [0, 0.1) is 0 Å². The first-order valence-electron chi connectivity index (χ1n) is 9.81. The quantitative estimate of drug-likeness (QED) is 0.730. The molecule has 0 spiro atoms. The number of hydrogen-bond acceptors (Lipinski definition) is 4. The number of anilines is 2. The highest BCUT2D eigenvalue weighted by Crippen LogP contribution is 2.18. The Hall–Kier alpha value is -3.02. The summed E-state index contributed by atoms with van der Waals surface area (Å²) in [5.74, 6) is 0.669. The first-order chi connectivity index (χ1) is 13.7. The minimum atomic E-state index is -0.148. The molecule has 0 aromatic heterocycles. The molecular formula is C22H27N3O3. The second-order valence-corrected chi connectivity index (χ2v) is 6.85. The van der Waals surface area contributed by atoms with Crippen molar-refractivity contribution in [1.29, 1.82) is 0 Å². The minimum Gasteiger partial charge on any atom is -0.494 e. The first-order valence-corrected chi connectivity index (χ1v) is 9.81. The molecule has 1 saturated heterocycles. The fraction of sp³-hybridized carbons (Fsp3) is 0.364.